The summed E-state index contributed by atoms with van der Waals surface area (Å²) in [4.78, 5) is 16.4. The van der Waals surface area contributed by atoms with Crippen LogP contribution in [0.25, 0.3) is 33.7 Å². The highest BCUT2D eigenvalue weighted by molar-refractivity contribution is 6.04. The van der Waals surface area contributed by atoms with Crippen molar-refractivity contribution in [3.05, 3.63) is 71.8 Å². The van der Waals surface area contributed by atoms with E-state index in [4.69, 9.17) is 9.15 Å². The van der Waals surface area contributed by atoms with E-state index in [0.717, 1.165) is 17.7 Å². The minimum Gasteiger partial charge on any atom is -0.497 e. The van der Waals surface area contributed by atoms with Gasteiger partial charge in [-0.05, 0) is 48.7 Å². The largest absolute Gasteiger partial charge is 0.497 e. The Bertz CT molecular complexity index is 1190. The minimum absolute atomic E-state index is 0.177. The second-order valence-corrected chi connectivity index (χ2v) is 7.21. The van der Waals surface area contributed by atoms with Gasteiger partial charge in [0, 0.05) is 17.0 Å². The molecule has 0 fully saturated rings. The monoisotopic (exact) mass is 401 g/mol. The van der Waals surface area contributed by atoms with Crippen LogP contribution in [0.15, 0.2) is 65.1 Å². The zero-order valence-electron chi connectivity index (χ0n) is 17.0. The molecule has 0 saturated carbocycles. The van der Waals surface area contributed by atoms with E-state index in [0.29, 0.717) is 28.1 Å². The van der Waals surface area contributed by atoms with Gasteiger partial charge in [0.1, 0.15) is 17.2 Å². The number of pyridine rings is 1. The van der Waals surface area contributed by atoms with Crippen molar-refractivity contribution in [1.82, 2.24) is 4.98 Å². The summed E-state index contributed by atoms with van der Waals surface area (Å²) in [6.07, 6.45) is 3.42. The van der Waals surface area contributed by atoms with Crippen molar-refractivity contribution in [1.29, 1.82) is 0 Å². The van der Waals surface area contributed by atoms with Crippen LogP contribution in [0, 0.1) is 0 Å². The summed E-state index contributed by atoms with van der Waals surface area (Å²) in [5.41, 5.74) is 3.48. The van der Waals surface area contributed by atoms with Crippen LogP contribution in [0.2, 0.25) is 0 Å². The number of unbranched alkanes of at least 4 members (excludes halogenated alkanes) is 1. The molecule has 5 nitrogen and oxygen atoms in total. The number of hydrogen-bond donors (Lipinski definition) is 1. The lowest BCUT2D eigenvalue weighted by atomic mass is 10.1. The lowest BCUT2D eigenvalue weighted by Crippen LogP contribution is -2.00. The van der Waals surface area contributed by atoms with Crippen molar-refractivity contribution in [3.63, 3.8) is 0 Å². The van der Waals surface area contributed by atoms with Crippen LogP contribution < -0.4 is 4.74 Å². The average Bonchev–Trinajstić information content (AvgIpc) is 3.27. The molecule has 0 unspecified atom stereocenters. The maximum Gasteiger partial charge on any atom is 0.336 e. The van der Waals surface area contributed by atoms with Crippen LogP contribution >= 0.6 is 0 Å². The highest BCUT2D eigenvalue weighted by Gasteiger charge is 2.16. The molecule has 0 atom stereocenters. The number of methoxy groups -OCH3 is 1. The molecule has 0 amide bonds. The molecule has 4 aromatic rings. The lowest BCUT2D eigenvalue weighted by Gasteiger charge is -2.07. The van der Waals surface area contributed by atoms with Crippen molar-refractivity contribution in [3.8, 4) is 28.5 Å². The number of ether oxygens (including phenoxy) is 1. The van der Waals surface area contributed by atoms with Crippen LogP contribution in [0.5, 0.6) is 5.75 Å². The number of aryl methyl sites for hydroxylation is 1. The van der Waals surface area contributed by atoms with Gasteiger partial charge in [-0.25, -0.2) is 9.78 Å². The first kappa shape index (κ1) is 19.7. The Hall–Kier alpha value is -3.60. The summed E-state index contributed by atoms with van der Waals surface area (Å²) >= 11 is 0. The van der Waals surface area contributed by atoms with Crippen LogP contribution in [0.4, 0.5) is 0 Å². The molecule has 4 rings (SSSR count). The molecule has 0 aliphatic carbocycles. The number of nitrogens with zero attached hydrogens (tertiary/aromatic N) is 1. The van der Waals surface area contributed by atoms with Gasteiger partial charge in [0.25, 0.3) is 0 Å². The van der Waals surface area contributed by atoms with Crippen molar-refractivity contribution < 1.29 is 19.1 Å². The van der Waals surface area contributed by atoms with E-state index in [9.17, 15) is 9.90 Å². The molecule has 2 heterocycles. The Kier molecular flexibility index (Phi) is 5.53. The standard InChI is InChI=1S/C25H23NO4/c1-3-4-5-16-6-8-17(9-7-16)23-12-13-24(30-23)22-15-20(25(27)28)19-11-10-18(29-2)14-21(19)26-22/h6-15H,3-5H2,1-2H3,(H,27,28). The molecule has 0 saturated heterocycles. The summed E-state index contributed by atoms with van der Waals surface area (Å²) in [5.74, 6) is 0.846. The third-order valence-corrected chi connectivity index (χ3v) is 5.16. The van der Waals surface area contributed by atoms with Gasteiger partial charge < -0.3 is 14.3 Å². The number of hydrogen-bond acceptors (Lipinski definition) is 4. The Morgan fingerprint density at radius 2 is 1.80 bits per heavy atom. The molecule has 5 heteroatoms. The molecule has 0 bridgehead atoms. The first-order valence-corrected chi connectivity index (χ1v) is 10.0. The van der Waals surface area contributed by atoms with Gasteiger partial charge in [-0.2, -0.15) is 0 Å². The van der Waals surface area contributed by atoms with Gasteiger partial charge in [0.15, 0.2) is 5.76 Å². The molecule has 1 N–H and O–H groups in total. The second-order valence-electron chi connectivity index (χ2n) is 7.21. The van der Waals surface area contributed by atoms with Crippen molar-refractivity contribution in [2.24, 2.45) is 0 Å². The molecule has 0 radical (unpaired) electrons. The first-order valence-electron chi connectivity index (χ1n) is 10.0. The summed E-state index contributed by atoms with van der Waals surface area (Å²) in [5, 5.41) is 10.2. The van der Waals surface area contributed by atoms with Crippen LogP contribution in [-0.4, -0.2) is 23.2 Å². The third-order valence-electron chi connectivity index (χ3n) is 5.16. The first-order chi connectivity index (χ1) is 14.6. The van der Waals surface area contributed by atoms with E-state index >= 15 is 0 Å². The van der Waals surface area contributed by atoms with E-state index < -0.39 is 5.97 Å². The molecule has 0 spiro atoms. The minimum atomic E-state index is -1.01. The van der Waals surface area contributed by atoms with E-state index in [2.05, 4.69) is 36.2 Å². The SMILES string of the molecule is CCCCc1ccc(-c2ccc(-c3cc(C(=O)O)c4ccc(OC)cc4n3)o2)cc1. The van der Waals surface area contributed by atoms with Crippen LogP contribution in [0.3, 0.4) is 0 Å². The van der Waals surface area contributed by atoms with Gasteiger partial charge >= 0.3 is 5.97 Å². The van der Waals surface area contributed by atoms with Gasteiger partial charge in [-0.3, -0.25) is 0 Å². The summed E-state index contributed by atoms with van der Waals surface area (Å²) in [6, 6.07) is 18.8. The summed E-state index contributed by atoms with van der Waals surface area (Å²) in [7, 11) is 1.56. The number of furan rings is 1. The number of benzene rings is 2. The van der Waals surface area contributed by atoms with E-state index in [1.165, 1.54) is 18.4 Å². The zero-order chi connectivity index (χ0) is 21.1. The molecule has 0 aliphatic rings. The fourth-order valence-electron chi connectivity index (χ4n) is 3.49. The van der Waals surface area contributed by atoms with Crippen molar-refractivity contribution >= 4 is 16.9 Å². The van der Waals surface area contributed by atoms with E-state index in [1.807, 2.05) is 12.1 Å². The van der Waals surface area contributed by atoms with E-state index in [1.54, 1.807) is 31.4 Å². The van der Waals surface area contributed by atoms with Gasteiger partial charge in [0.2, 0.25) is 0 Å². The normalized spacial score (nSPS) is 11.0. The maximum atomic E-state index is 11.8. The maximum absolute atomic E-state index is 11.8. The molecule has 2 aromatic carbocycles. The summed E-state index contributed by atoms with van der Waals surface area (Å²) in [6.45, 7) is 2.19. The third kappa shape index (κ3) is 3.92. The van der Waals surface area contributed by atoms with Crippen LogP contribution in [-0.2, 0) is 6.42 Å². The Balaban J connectivity index is 1.71. The topological polar surface area (TPSA) is 72.6 Å². The molecule has 2 aromatic heterocycles. The molecular formula is C25H23NO4. The molecular weight excluding hydrogens is 378 g/mol. The van der Waals surface area contributed by atoms with Gasteiger partial charge in [0.05, 0.1) is 18.2 Å². The molecule has 0 aliphatic heterocycles. The quantitative estimate of drug-likeness (QED) is 0.398. The predicted molar refractivity (Wildman–Crippen MR) is 117 cm³/mol. The smallest absolute Gasteiger partial charge is 0.336 e. The lowest BCUT2D eigenvalue weighted by molar-refractivity contribution is 0.0699. The molecule has 152 valence electrons. The van der Waals surface area contributed by atoms with Gasteiger partial charge in [-0.1, -0.05) is 37.6 Å². The fraction of sp³-hybridized carbons (Fsp3) is 0.200. The second kappa shape index (κ2) is 8.41. The Labute approximate surface area is 175 Å². The highest BCUT2D eigenvalue weighted by atomic mass is 16.5. The van der Waals surface area contributed by atoms with Crippen molar-refractivity contribution in [2.45, 2.75) is 26.2 Å². The number of carboxylic acid groups (broad SMARTS) is 1. The Morgan fingerprint density at radius 3 is 2.50 bits per heavy atom. The fourth-order valence-corrected chi connectivity index (χ4v) is 3.49. The highest BCUT2D eigenvalue weighted by Crippen LogP contribution is 2.31. The zero-order valence-corrected chi connectivity index (χ0v) is 17.0. The Morgan fingerprint density at radius 1 is 1.03 bits per heavy atom. The number of aromatic carboxylic acids is 1. The summed E-state index contributed by atoms with van der Waals surface area (Å²) < 4.78 is 11.3. The van der Waals surface area contributed by atoms with Crippen molar-refractivity contribution in [2.75, 3.05) is 7.11 Å². The van der Waals surface area contributed by atoms with Gasteiger partial charge in [-0.15, -0.1) is 0 Å². The number of carboxylic acids is 1. The van der Waals surface area contributed by atoms with E-state index in [-0.39, 0.29) is 5.56 Å². The van der Waals surface area contributed by atoms with Crippen LogP contribution in [0.1, 0.15) is 35.7 Å². The molecule has 30 heavy (non-hydrogen) atoms. The predicted octanol–water partition coefficient (Wildman–Crippen LogP) is 6.21. The number of rotatable bonds is 7. The average molecular weight is 401 g/mol. The number of aromatic nitrogens is 1. The number of carbonyl (C=O) groups is 1. The number of fused-ring (bicyclic) bond motifs is 1.